The van der Waals surface area contributed by atoms with Gasteiger partial charge < -0.3 is 5.73 Å². The Kier molecular flexibility index (Phi) is 5.80. The summed E-state index contributed by atoms with van der Waals surface area (Å²) in [6, 6.07) is 0. The van der Waals surface area contributed by atoms with Crippen LogP contribution in [0.4, 0.5) is 0 Å². The number of nitrogens with two attached hydrogens (primary N) is 1. The van der Waals surface area contributed by atoms with Gasteiger partial charge in [0.05, 0.1) is 10.7 Å². The third-order valence-electron chi connectivity index (χ3n) is 2.24. The van der Waals surface area contributed by atoms with Gasteiger partial charge in [-0.25, -0.2) is 4.98 Å². The molecule has 0 atom stereocenters. The first-order valence-electron chi connectivity index (χ1n) is 5.50. The molecular weight excluding hydrogens is 192 g/mol. The van der Waals surface area contributed by atoms with Crippen molar-refractivity contribution < 1.29 is 0 Å². The maximum Gasteiger partial charge on any atom is 0.0928 e. The quantitative estimate of drug-likeness (QED) is 0.706. The molecule has 0 aliphatic heterocycles. The molecule has 2 N–H and O–H groups in total. The second kappa shape index (κ2) is 6.96. The number of aryl methyl sites for hydroxylation is 1. The summed E-state index contributed by atoms with van der Waals surface area (Å²) in [7, 11) is 0. The van der Waals surface area contributed by atoms with Gasteiger partial charge >= 0.3 is 0 Å². The molecule has 0 fully saturated rings. The average molecular weight is 212 g/mol. The van der Waals surface area contributed by atoms with Crippen LogP contribution < -0.4 is 5.73 Å². The summed E-state index contributed by atoms with van der Waals surface area (Å²) in [5, 5.41) is 3.42. The van der Waals surface area contributed by atoms with E-state index in [1.165, 1.54) is 36.4 Å². The Morgan fingerprint density at radius 2 is 2.14 bits per heavy atom. The van der Waals surface area contributed by atoms with Crippen molar-refractivity contribution in [1.82, 2.24) is 4.98 Å². The summed E-state index contributed by atoms with van der Waals surface area (Å²) in [5.74, 6) is 0. The second-order valence-electron chi connectivity index (χ2n) is 3.58. The molecule has 1 aromatic rings. The number of thiazole rings is 1. The summed E-state index contributed by atoms with van der Waals surface area (Å²) >= 11 is 1.78. The first kappa shape index (κ1) is 11.7. The van der Waals surface area contributed by atoms with Crippen molar-refractivity contribution in [3.8, 4) is 0 Å². The average Bonchev–Trinajstić information content (AvgIpc) is 2.61. The molecule has 0 unspecified atom stereocenters. The minimum Gasteiger partial charge on any atom is -0.330 e. The highest BCUT2D eigenvalue weighted by Crippen LogP contribution is 2.13. The van der Waals surface area contributed by atoms with Crippen LogP contribution in [0.3, 0.4) is 0 Å². The second-order valence-corrected chi connectivity index (χ2v) is 4.52. The van der Waals surface area contributed by atoms with Crippen molar-refractivity contribution in [2.24, 2.45) is 5.73 Å². The Hall–Kier alpha value is -0.410. The van der Waals surface area contributed by atoms with Crippen molar-refractivity contribution in [3.05, 3.63) is 16.1 Å². The Morgan fingerprint density at radius 1 is 1.29 bits per heavy atom. The summed E-state index contributed by atoms with van der Waals surface area (Å²) in [6.45, 7) is 2.95. The maximum atomic E-state index is 5.47. The largest absolute Gasteiger partial charge is 0.330 e. The molecule has 0 radical (unpaired) electrons. The molecule has 80 valence electrons. The lowest BCUT2D eigenvalue weighted by atomic mass is 10.2. The first-order chi connectivity index (χ1) is 6.86. The minimum absolute atomic E-state index is 0.707. The highest BCUT2D eigenvalue weighted by atomic mass is 32.1. The van der Waals surface area contributed by atoms with E-state index in [2.05, 4.69) is 17.3 Å². The highest BCUT2D eigenvalue weighted by molar-refractivity contribution is 7.09. The molecule has 1 rings (SSSR count). The molecule has 0 aliphatic carbocycles. The zero-order chi connectivity index (χ0) is 10.2. The normalized spacial score (nSPS) is 10.7. The van der Waals surface area contributed by atoms with E-state index < -0.39 is 0 Å². The summed E-state index contributed by atoms with van der Waals surface area (Å²) in [6.07, 6.45) is 7.34. The van der Waals surface area contributed by atoms with Crippen LogP contribution in [0.25, 0.3) is 0 Å². The van der Waals surface area contributed by atoms with E-state index in [0.717, 1.165) is 12.8 Å². The predicted molar refractivity (Wildman–Crippen MR) is 62.7 cm³/mol. The van der Waals surface area contributed by atoms with E-state index in [1.807, 2.05) is 0 Å². The zero-order valence-corrected chi connectivity index (χ0v) is 9.78. The smallest absolute Gasteiger partial charge is 0.0928 e. The van der Waals surface area contributed by atoms with E-state index in [9.17, 15) is 0 Å². The molecule has 3 heteroatoms. The lowest BCUT2D eigenvalue weighted by Crippen LogP contribution is -2.02. The Morgan fingerprint density at radius 3 is 2.86 bits per heavy atom. The lowest BCUT2D eigenvalue weighted by Gasteiger charge is -1.95. The molecule has 2 nitrogen and oxygen atoms in total. The Bertz CT molecular complexity index is 245. The van der Waals surface area contributed by atoms with Gasteiger partial charge in [-0.1, -0.05) is 26.2 Å². The molecule has 0 saturated carbocycles. The van der Waals surface area contributed by atoms with Crippen LogP contribution in [-0.4, -0.2) is 11.5 Å². The topological polar surface area (TPSA) is 38.9 Å². The van der Waals surface area contributed by atoms with Gasteiger partial charge in [0, 0.05) is 11.8 Å². The van der Waals surface area contributed by atoms with Crippen LogP contribution in [0.2, 0.25) is 0 Å². The fourth-order valence-corrected chi connectivity index (χ4v) is 2.30. The van der Waals surface area contributed by atoms with Gasteiger partial charge in [0.2, 0.25) is 0 Å². The van der Waals surface area contributed by atoms with E-state index in [-0.39, 0.29) is 0 Å². The first-order valence-corrected chi connectivity index (χ1v) is 6.38. The molecule has 0 aromatic carbocycles. The van der Waals surface area contributed by atoms with E-state index >= 15 is 0 Å². The number of aromatic nitrogens is 1. The number of hydrogen-bond acceptors (Lipinski definition) is 3. The summed E-state index contributed by atoms with van der Waals surface area (Å²) < 4.78 is 0. The molecule has 0 amide bonds. The number of hydrogen-bond donors (Lipinski definition) is 1. The molecule has 14 heavy (non-hydrogen) atoms. The monoisotopic (exact) mass is 212 g/mol. The van der Waals surface area contributed by atoms with Gasteiger partial charge in [0.15, 0.2) is 0 Å². The van der Waals surface area contributed by atoms with Crippen LogP contribution in [0, 0.1) is 0 Å². The van der Waals surface area contributed by atoms with Crippen LogP contribution in [0.15, 0.2) is 5.38 Å². The molecule has 0 aliphatic rings. The Labute approximate surface area is 90.6 Å². The van der Waals surface area contributed by atoms with E-state index in [0.29, 0.717) is 6.54 Å². The van der Waals surface area contributed by atoms with Gasteiger partial charge in [-0.2, -0.15) is 0 Å². The van der Waals surface area contributed by atoms with Crippen LogP contribution in [0.1, 0.15) is 43.3 Å². The fraction of sp³-hybridized carbons (Fsp3) is 0.727. The fourth-order valence-electron chi connectivity index (χ4n) is 1.43. The van der Waals surface area contributed by atoms with Gasteiger partial charge in [0.25, 0.3) is 0 Å². The molecule has 0 spiro atoms. The predicted octanol–water partition coefficient (Wildman–Crippen LogP) is 2.77. The maximum absolute atomic E-state index is 5.47. The molecular formula is C11H20N2S. The number of rotatable bonds is 7. The van der Waals surface area contributed by atoms with Crippen LogP contribution in [0.5, 0.6) is 0 Å². The van der Waals surface area contributed by atoms with Gasteiger partial charge in [-0.05, 0) is 19.4 Å². The van der Waals surface area contributed by atoms with E-state index in [4.69, 9.17) is 5.73 Å². The summed E-state index contributed by atoms with van der Waals surface area (Å²) in [4.78, 5) is 4.54. The molecule has 0 saturated heterocycles. The SMILES string of the molecule is CCCCCCc1nc(CCN)cs1. The van der Waals surface area contributed by atoms with Crippen molar-refractivity contribution in [2.45, 2.75) is 45.4 Å². The highest BCUT2D eigenvalue weighted by Gasteiger charge is 2.00. The van der Waals surface area contributed by atoms with Crippen molar-refractivity contribution in [2.75, 3.05) is 6.54 Å². The number of unbranched alkanes of at least 4 members (excludes halogenated alkanes) is 3. The van der Waals surface area contributed by atoms with Gasteiger partial charge in [-0.3, -0.25) is 0 Å². The summed E-state index contributed by atoms with van der Waals surface area (Å²) in [5.41, 5.74) is 6.64. The van der Waals surface area contributed by atoms with Crippen molar-refractivity contribution >= 4 is 11.3 Å². The van der Waals surface area contributed by atoms with Gasteiger partial charge in [0.1, 0.15) is 0 Å². The molecule has 1 aromatic heterocycles. The van der Waals surface area contributed by atoms with Gasteiger partial charge in [-0.15, -0.1) is 11.3 Å². The van der Waals surface area contributed by atoms with E-state index in [1.54, 1.807) is 11.3 Å². The standard InChI is InChI=1S/C11H20N2S/c1-2-3-4-5-6-11-13-10(7-8-12)9-14-11/h9H,2-8,12H2,1H3. The lowest BCUT2D eigenvalue weighted by molar-refractivity contribution is 0.664. The minimum atomic E-state index is 0.707. The van der Waals surface area contributed by atoms with Crippen molar-refractivity contribution in [1.29, 1.82) is 0 Å². The molecule has 0 bridgehead atoms. The third kappa shape index (κ3) is 4.20. The van der Waals surface area contributed by atoms with Crippen LogP contribution in [-0.2, 0) is 12.8 Å². The molecule has 1 heterocycles. The zero-order valence-electron chi connectivity index (χ0n) is 8.96. The Balaban J connectivity index is 2.22. The van der Waals surface area contributed by atoms with Crippen molar-refractivity contribution in [3.63, 3.8) is 0 Å². The van der Waals surface area contributed by atoms with Crippen LogP contribution >= 0.6 is 11.3 Å². The number of nitrogens with zero attached hydrogens (tertiary/aromatic N) is 1. The third-order valence-corrected chi connectivity index (χ3v) is 3.20.